The summed E-state index contributed by atoms with van der Waals surface area (Å²) in [6.45, 7) is 7.73. The van der Waals surface area contributed by atoms with Crippen molar-refractivity contribution in [2.75, 3.05) is 0 Å². The van der Waals surface area contributed by atoms with Crippen molar-refractivity contribution in [1.29, 1.82) is 0 Å². The van der Waals surface area contributed by atoms with Crippen LogP contribution in [0.1, 0.15) is 32.2 Å². The Morgan fingerprint density at radius 2 is 2.12 bits per heavy atom. The highest BCUT2D eigenvalue weighted by atomic mass is 79.9. The van der Waals surface area contributed by atoms with Gasteiger partial charge < -0.3 is 10.1 Å². The predicted molar refractivity (Wildman–Crippen MR) is 69.7 cm³/mol. The first-order valence-electron chi connectivity index (χ1n) is 5.37. The summed E-state index contributed by atoms with van der Waals surface area (Å²) in [5.41, 5.74) is 1.21. The second-order valence-electron chi connectivity index (χ2n) is 4.74. The van der Waals surface area contributed by atoms with E-state index in [0.29, 0.717) is 6.54 Å². The molecule has 0 aliphatic rings. The minimum Gasteiger partial charge on any atom is -0.444 e. The minimum absolute atomic E-state index is 0.344. The van der Waals surface area contributed by atoms with Crippen molar-refractivity contribution >= 4 is 22.0 Å². The molecule has 1 N–H and O–H groups in total. The number of hydrogen-bond donors (Lipinski definition) is 1. The summed E-state index contributed by atoms with van der Waals surface area (Å²) >= 11 is 3.39. The first-order valence-corrected chi connectivity index (χ1v) is 6.16. The summed E-state index contributed by atoms with van der Waals surface area (Å²) in [6, 6.07) is 3.81. The van der Waals surface area contributed by atoms with Gasteiger partial charge in [-0.2, -0.15) is 0 Å². The molecule has 0 aromatic carbocycles. The third-order valence-corrected chi connectivity index (χ3v) is 2.58. The van der Waals surface area contributed by atoms with Crippen LogP contribution in [0.15, 0.2) is 16.6 Å². The zero-order chi connectivity index (χ0) is 13.1. The van der Waals surface area contributed by atoms with Crippen LogP contribution in [-0.2, 0) is 11.3 Å². The molecule has 1 heterocycles. The number of ether oxygens (including phenoxy) is 1. The first kappa shape index (κ1) is 14.0. The number of amides is 1. The number of carbonyl (C=O) groups excluding carboxylic acids is 1. The van der Waals surface area contributed by atoms with Gasteiger partial charge in [0.2, 0.25) is 0 Å². The van der Waals surface area contributed by atoms with E-state index in [0.717, 1.165) is 15.9 Å². The van der Waals surface area contributed by atoms with E-state index in [1.54, 1.807) is 0 Å². The largest absolute Gasteiger partial charge is 0.444 e. The average molecular weight is 301 g/mol. The lowest BCUT2D eigenvalue weighted by molar-refractivity contribution is 0.0523. The molecule has 0 aliphatic heterocycles. The molecule has 5 heteroatoms. The van der Waals surface area contributed by atoms with E-state index >= 15 is 0 Å². The Hall–Kier alpha value is -1.10. The van der Waals surface area contributed by atoms with Crippen molar-refractivity contribution in [3.63, 3.8) is 0 Å². The number of nitrogens with one attached hydrogen (secondary N) is 1. The quantitative estimate of drug-likeness (QED) is 0.912. The van der Waals surface area contributed by atoms with E-state index in [1.165, 1.54) is 0 Å². The minimum atomic E-state index is -0.485. The molecule has 17 heavy (non-hydrogen) atoms. The summed E-state index contributed by atoms with van der Waals surface area (Å²) in [5, 5.41) is 2.67. The fourth-order valence-corrected chi connectivity index (χ4v) is 1.55. The van der Waals surface area contributed by atoms with Crippen LogP contribution in [-0.4, -0.2) is 16.7 Å². The number of carbonyl (C=O) groups is 1. The zero-order valence-corrected chi connectivity index (χ0v) is 12.1. The fraction of sp³-hybridized carbons (Fsp3) is 0.500. The van der Waals surface area contributed by atoms with Crippen LogP contribution in [0.3, 0.4) is 0 Å². The second-order valence-corrected chi connectivity index (χ2v) is 5.59. The van der Waals surface area contributed by atoms with Gasteiger partial charge >= 0.3 is 6.09 Å². The molecule has 1 aromatic heterocycles. The van der Waals surface area contributed by atoms with E-state index in [1.807, 2.05) is 39.8 Å². The van der Waals surface area contributed by atoms with E-state index in [4.69, 9.17) is 4.74 Å². The standard InChI is InChI=1S/C12H17BrN2O2/c1-8-5-6-9(13)10(15-8)7-14-11(16)17-12(2,3)4/h5-6H,7H2,1-4H3,(H,14,16). The number of pyridine rings is 1. The summed E-state index contributed by atoms with van der Waals surface area (Å²) in [4.78, 5) is 15.8. The van der Waals surface area contributed by atoms with Crippen LogP contribution in [0, 0.1) is 6.92 Å². The highest BCUT2D eigenvalue weighted by molar-refractivity contribution is 9.10. The molecule has 0 fully saturated rings. The molecule has 0 aliphatic carbocycles. The lowest BCUT2D eigenvalue weighted by Gasteiger charge is -2.19. The van der Waals surface area contributed by atoms with Gasteiger partial charge in [0.25, 0.3) is 0 Å². The predicted octanol–water partition coefficient (Wildman–Crippen LogP) is 3.18. The molecule has 0 atom stereocenters. The van der Waals surface area contributed by atoms with Crippen molar-refractivity contribution in [2.45, 2.75) is 39.8 Å². The maximum atomic E-state index is 11.5. The van der Waals surface area contributed by atoms with Crippen LogP contribution in [0.5, 0.6) is 0 Å². The Labute approximate surface area is 110 Å². The first-order chi connectivity index (χ1) is 7.78. The van der Waals surface area contributed by atoms with Gasteiger partial charge in [0, 0.05) is 10.2 Å². The topological polar surface area (TPSA) is 51.2 Å². The SMILES string of the molecule is Cc1ccc(Br)c(CNC(=O)OC(C)(C)C)n1. The highest BCUT2D eigenvalue weighted by Gasteiger charge is 2.16. The Balaban J connectivity index is 2.56. The fourth-order valence-electron chi connectivity index (χ4n) is 1.19. The Morgan fingerprint density at radius 3 is 2.71 bits per heavy atom. The van der Waals surface area contributed by atoms with Gasteiger partial charge in [-0.15, -0.1) is 0 Å². The number of aromatic nitrogens is 1. The van der Waals surface area contributed by atoms with Crippen LogP contribution < -0.4 is 5.32 Å². The van der Waals surface area contributed by atoms with Gasteiger partial charge in [0.15, 0.2) is 0 Å². The number of hydrogen-bond acceptors (Lipinski definition) is 3. The van der Waals surface area contributed by atoms with E-state index < -0.39 is 11.7 Å². The third-order valence-electron chi connectivity index (χ3n) is 1.86. The number of rotatable bonds is 2. The summed E-state index contributed by atoms with van der Waals surface area (Å²) in [7, 11) is 0. The molecular formula is C12H17BrN2O2. The van der Waals surface area contributed by atoms with Crippen molar-refractivity contribution < 1.29 is 9.53 Å². The highest BCUT2D eigenvalue weighted by Crippen LogP contribution is 2.15. The van der Waals surface area contributed by atoms with Crippen LogP contribution in [0.2, 0.25) is 0 Å². The number of halogens is 1. The monoisotopic (exact) mass is 300 g/mol. The molecule has 4 nitrogen and oxygen atoms in total. The van der Waals surface area contributed by atoms with E-state index in [9.17, 15) is 4.79 Å². The van der Waals surface area contributed by atoms with E-state index in [2.05, 4.69) is 26.2 Å². The lowest BCUT2D eigenvalue weighted by Crippen LogP contribution is -2.32. The van der Waals surface area contributed by atoms with Crippen LogP contribution in [0.25, 0.3) is 0 Å². The van der Waals surface area contributed by atoms with Crippen molar-refractivity contribution in [1.82, 2.24) is 10.3 Å². The summed E-state index contributed by atoms with van der Waals surface area (Å²) in [5.74, 6) is 0. The van der Waals surface area contributed by atoms with Crippen molar-refractivity contribution in [2.24, 2.45) is 0 Å². The Bertz CT molecular complexity index is 413. The molecule has 0 saturated carbocycles. The number of nitrogens with zero attached hydrogens (tertiary/aromatic N) is 1. The molecule has 1 amide bonds. The third kappa shape index (κ3) is 5.17. The Morgan fingerprint density at radius 1 is 1.47 bits per heavy atom. The number of alkyl carbamates (subject to hydrolysis) is 1. The molecule has 94 valence electrons. The molecule has 1 rings (SSSR count). The molecule has 1 aromatic rings. The van der Waals surface area contributed by atoms with Crippen molar-refractivity contribution in [3.05, 3.63) is 28.0 Å². The number of aryl methyl sites for hydroxylation is 1. The van der Waals surface area contributed by atoms with Gasteiger partial charge in [-0.25, -0.2) is 4.79 Å². The van der Waals surface area contributed by atoms with Gasteiger partial charge in [0.1, 0.15) is 5.60 Å². The lowest BCUT2D eigenvalue weighted by atomic mass is 10.2. The van der Waals surface area contributed by atoms with E-state index in [-0.39, 0.29) is 0 Å². The zero-order valence-electron chi connectivity index (χ0n) is 10.5. The van der Waals surface area contributed by atoms with Gasteiger partial charge in [0.05, 0.1) is 12.2 Å². The van der Waals surface area contributed by atoms with Gasteiger partial charge in [-0.3, -0.25) is 4.98 Å². The molecule has 0 saturated heterocycles. The van der Waals surface area contributed by atoms with Crippen molar-refractivity contribution in [3.8, 4) is 0 Å². The molecule has 0 spiro atoms. The second kappa shape index (κ2) is 5.49. The maximum absolute atomic E-state index is 11.5. The molecule has 0 unspecified atom stereocenters. The molecule has 0 bridgehead atoms. The normalized spacial score (nSPS) is 11.1. The van der Waals surface area contributed by atoms with Crippen LogP contribution >= 0.6 is 15.9 Å². The average Bonchev–Trinajstić information content (AvgIpc) is 2.17. The molecular weight excluding hydrogens is 284 g/mol. The Kier molecular flexibility index (Phi) is 4.51. The van der Waals surface area contributed by atoms with Gasteiger partial charge in [-0.1, -0.05) is 0 Å². The van der Waals surface area contributed by atoms with Gasteiger partial charge in [-0.05, 0) is 55.8 Å². The molecule has 0 radical (unpaired) electrons. The summed E-state index contributed by atoms with van der Waals surface area (Å²) in [6.07, 6.45) is -0.437. The maximum Gasteiger partial charge on any atom is 0.407 e. The van der Waals surface area contributed by atoms with Crippen LogP contribution in [0.4, 0.5) is 4.79 Å². The summed E-state index contributed by atoms with van der Waals surface area (Å²) < 4.78 is 6.01. The smallest absolute Gasteiger partial charge is 0.407 e.